The fourth-order valence-corrected chi connectivity index (χ4v) is 3.78. The highest BCUT2D eigenvalue weighted by atomic mass is 35.5. The van der Waals surface area contributed by atoms with Gasteiger partial charge in [-0.05, 0) is 38.0 Å². The number of Topliss-reactive ketones (excluding diaryl/α,β-unsaturated/α-hetero) is 1. The van der Waals surface area contributed by atoms with Crippen molar-refractivity contribution >= 4 is 40.6 Å². The molecular weight excluding hydrogens is 361 g/mol. The molecular formula is C18H19Cl2N3O2. The third-order valence-electron chi connectivity index (χ3n) is 4.55. The van der Waals surface area contributed by atoms with E-state index >= 15 is 0 Å². The molecule has 1 heterocycles. The number of nitrogens with two attached hydrogens (primary N) is 1. The van der Waals surface area contributed by atoms with Crippen LogP contribution >= 0.6 is 23.2 Å². The highest BCUT2D eigenvalue weighted by Crippen LogP contribution is 2.36. The first kappa shape index (κ1) is 18.0. The summed E-state index contributed by atoms with van der Waals surface area (Å²) in [6.07, 6.45) is 2.10. The maximum atomic E-state index is 12.9. The van der Waals surface area contributed by atoms with Crippen LogP contribution in [0.1, 0.15) is 26.2 Å². The number of carbonyl (C=O) groups is 2. The molecule has 132 valence electrons. The Morgan fingerprint density at radius 1 is 1.36 bits per heavy atom. The third kappa shape index (κ3) is 3.45. The zero-order valence-electron chi connectivity index (χ0n) is 13.8. The van der Waals surface area contributed by atoms with Crippen molar-refractivity contribution in [3.63, 3.8) is 0 Å². The zero-order valence-corrected chi connectivity index (χ0v) is 15.3. The molecule has 0 saturated carbocycles. The maximum Gasteiger partial charge on any atom is 0.254 e. The lowest BCUT2D eigenvalue weighted by molar-refractivity contribution is -0.116. The molecule has 3 rings (SSSR count). The summed E-state index contributed by atoms with van der Waals surface area (Å²) in [5.74, 6) is -0.695. The smallest absolute Gasteiger partial charge is 0.254 e. The largest absolute Gasteiger partial charge is 0.362 e. The van der Waals surface area contributed by atoms with Crippen molar-refractivity contribution in [3.8, 4) is 0 Å². The van der Waals surface area contributed by atoms with Gasteiger partial charge in [0.2, 0.25) is 0 Å². The second kappa shape index (κ2) is 7.20. The van der Waals surface area contributed by atoms with Crippen LogP contribution in [0.2, 0.25) is 10.0 Å². The fourth-order valence-electron chi connectivity index (χ4n) is 3.44. The Balaban J connectivity index is 1.93. The van der Waals surface area contributed by atoms with Crippen LogP contribution in [0.25, 0.3) is 0 Å². The molecule has 1 aliphatic heterocycles. The lowest BCUT2D eigenvalue weighted by Gasteiger charge is -2.33. The molecule has 0 aromatic heterocycles. The van der Waals surface area contributed by atoms with E-state index in [4.69, 9.17) is 28.9 Å². The molecule has 1 aliphatic carbocycles. The van der Waals surface area contributed by atoms with E-state index in [0.717, 1.165) is 18.5 Å². The lowest BCUT2D eigenvalue weighted by Crippen LogP contribution is -2.39. The molecule has 0 fully saturated rings. The van der Waals surface area contributed by atoms with Crippen LogP contribution in [0.15, 0.2) is 40.7 Å². The number of nitrogens with one attached hydrogen (secondary N) is 2. The van der Waals surface area contributed by atoms with Crippen molar-refractivity contribution in [2.45, 2.75) is 26.2 Å². The molecule has 0 spiro atoms. The van der Waals surface area contributed by atoms with E-state index in [1.54, 1.807) is 18.2 Å². The quantitative estimate of drug-likeness (QED) is 0.751. The van der Waals surface area contributed by atoms with Crippen molar-refractivity contribution in [3.05, 3.63) is 50.8 Å². The van der Waals surface area contributed by atoms with Crippen LogP contribution in [0, 0.1) is 5.92 Å². The van der Waals surface area contributed by atoms with Crippen LogP contribution in [0.4, 0.5) is 5.69 Å². The van der Waals surface area contributed by atoms with Gasteiger partial charge in [-0.25, -0.2) is 0 Å². The highest BCUT2D eigenvalue weighted by Gasteiger charge is 2.36. The van der Waals surface area contributed by atoms with E-state index in [1.807, 2.05) is 6.92 Å². The number of carbonyl (C=O) groups excluding carboxylic acids is 2. The number of allylic oxidation sites excluding steroid dienone is 2. The Labute approximate surface area is 156 Å². The second-order valence-corrected chi connectivity index (χ2v) is 7.04. The molecule has 1 unspecified atom stereocenters. The number of dihydropyridines is 1. The fraction of sp³-hybridized carbons (Fsp3) is 0.333. The van der Waals surface area contributed by atoms with E-state index < -0.39 is 5.92 Å². The Morgan fingerprint density at radius 2 is 2.12 bits per heavy atom. The summed E-state index contributed by atoms with van der Waals surface area (Å²) in [7, 11) is 0. The van der Waals surface area contributed by atoms with Gasteiger partial charge in [0.15, 0.2) is 5.78 Å². The molecule has 1 atom stereocenters. The minimum absolute atomic E-state index is 0.0581. The second-order valence-electron chi connectivity index (χ2n) is 6.20. The SMILES string of the molecule is CC1=C(C(=O)Nc2cc(Cl)ccc2Cl)C(CN)C2=C(CCCC2=O)N1. The predicted molar refractivity (Wildman–Crippen MR) is 99.4 cm³/mol. The normalized spacial score (nSPS) is 20.3. The number of rotatable bonds is 3. The first-order valence-electron chi connectivity index (χ1n) is 8.13. The van der Waals surface area contributed by atoms with Gasteiger partial charge >= 0.3 is 0 Å². The highest BCUT2D eigenvalue weighted by molar-refractivity contribution is 6.36. The first-order valence-corrected chi connectivity index (χ1v) is 8.88. The molecule has 7 heteroatoms. The Hall–Kier alpha value is -1.82. The number of ketones is 1. The lowest BCUT2D eigenvalue weighted by atomic mass is 9.78. The van der Waals surface area contributed by atoms with Gasteiger partial charge < -0.3 is 16.4 Å². The summed E-state index contributed by atoms with van der Waals surface area (Å²) in [4.78, 5) is 25.3. The van der Waals surface area contributed by atoms with E-state index in [2.05, 4.69) is 10.6 Å². The Kier molecular flexibility index (Phi) is 5.18. The van der Waals surface area contributed by atoms with Crippen molar-refractivity contribution in [1.82, 2.24) is 5.32 Å². The molecule has 25 heavy (non-hydrogen) atoms. The van der Waals surface area contributed by atoms with Crippen LogP contribution in [0.5, 0.6) is 0 Å². The van der Waals surface area contributed by atoms with E-state index in [1.165, 1.54) is 0 Å². The molecule has 5 nitrogen and oxygen atoms in total. The van der Waals surface area contributed by atoms with Crippen LogP contribution in [-0.2, 0) is 9.59 Å². The number of hydrogen-bond donors (Lipinski definition) is 3. The van der Waals surface area contributed by atoms with Gasteiger partial charge in [0.25, 0.3) is 5.91 Å². The first-order chi connectivity index (χ1) is 11.9. The van der Waals surface area contributed by atoms with Crippen molar-refractivity contribution in [2.24, 2.45) is 11.7 Å². The topological polar surface area (TPSA) is 84.2 Å². The number of halogens is 2. The summed E-state index contributed by atoms with van der Waals surface area (Å²) >= 11 is 12.1. The number of anilines is 1. The molecule has 1 amide bonds. The minimum atomic E-state index is -0.415. The average Bonchev–Trinajstić information content (AvgIpc) is 2.57. The summed E-state index contributed by atoms with van der Waals surface area (Å²) in [5, 5.41) is 6.86. The van der Waals surface area contributed by atoms with Gasteiger partial charge in [-0.2, -0.15) is 0 Å². The average molecular weight is 380 g/mol. The van der Waals surface area contributed by atoms with Gasteiger partial charge in [-0.15, -0.1) is 0 Å². The van der Waals surface area contributed by atoms with Gasteiger partial charge in [0, 0.05) is 46.4 Å². The molecule has 0 radical (unpaired) electrons. The Bertz CT molecular complexity index is 815. The van der Waals surface area contributed by atoms with Crippen molar-refractivity contribution in [1.29, 1.82) is 0 Å². The van der Waals surface area contributed by atoms with Crippen molar-refractivity contribution in [2.75, 3.05) is 11.9 Å². The molecule has 1 aromatic carbocycles. The Morgan fingerprint density at radius 3 is 2.84 bits per heavy atom. The van der Waals surface area contributed by atoms with Gasteiger partial charge in [0.05, 0.1) is 10.7 Å². The molecule has 4 N–H and O–H groups in total. The van der Waals surface area contributed by atoms with E-state index in [-0.39, 0.29) is 18.2 Å². The summed E-state index contributed by atoms with van der Waals surface area (Å²) in [5.41, 5.74) is 9.06. The molecule has 0 bridgehead atoms. The molecule has 1 aromatic rings. The van der Waals surface area contributed by atoms with Crippen LogP contribution < -0.4 is 16.4 Å². The minimum Gasteiger partial charge on any atom is -0.362 e. The van der Waals surface area contributed by atoms with Crippen molar-refractivity contribution < 1.29 is 9.59 Å². The standard InChI is InChI=1S/C18H19Cl2N3O2/c1-9-16(18(25)23-14-7-10(19)5-6-12(14)20)11(8-21)17-13(22-9)3-2-4-15(17)24/h5-7,11,22H,2-4,8,21H2,1H3,(H,23,25). The van der Waals surface area contributed by atoms with Gasteiger partial charge in [0.1, 0.15) is 0 Å². The maximum absolute atomic E-state index is 12.9. The summed E-state index contributed by atoms with van der Waals surface area (Å²) < 4.78 is 0. The van der Waals surface area contributed by atoms with Crippen LogP contribution in [-0.4, -0.2) is 18.2 Å². The molecule has 2 aliphatic rings. The number of benzene rings is 1. The van der Waals surface area contributed by atoms with Crippen LogP contribution in [0.3, 0.4) is 0 Å². The monoisotopic (exact) mass is 379 g/mol. The number of hydrogen-bond acceptors (Lipinski definition) is 4. The predicted octanol–water partition coefficient (Wildman–Crippen LogP) is 3.39. The number of amides is 1. The third-order valence-corrected chi connectivity index (χ3v) is 5.12. The van der Waals surface area contributed by atoms with Gasteiger partial charge in [-0.3, -0.25) is 9.59 Å². The summed E-state index contributed by atoms with van der Waals surface area (Å²) in [6, 6.07) is 4.85. The van der Waals surface area contributed by atoms with E-state index in [9.17, 15) is 9.59 Å². The van der Waals surface area contributed by atoms with Gasteiger partial charge in [-0.1, -0.05) is 23.2 Å². The zero-order chi connectivity index (χ0) is 18.1. The van der Waals surface area contributed by atoms with E-state index in [0.29, 0.717) is 39.0 Å². The summed E-state index contributed by atoms with van der Waals surface area (Å²) in [6.45, 7) is 2.01. The molecule has 0 saturated heterocycles.